The van der Waals surface area contributed by atoms with E-state index in [4.69, 9.17) is 15.2 Å². The number of hydrogen-bond acceptors (Lipinski definition) is 4. The van der Waals surface area contributed by atoms with Crippen LogP contribution in [0, 0.1) is 0 Å². The van der Waals surface area contributed by atoms with Crippen LogP contribution in [0.25, 0.3) is 0 Å². The van der Waals surface area contributed by atoms with Gasteiger partial charge in [0.05, 0.1) is 30.3 Å². The van der Waals surface area contributed by atoms with E-state index < -0.39 is 0 Å². The fourth-order valence-corrected chi connectivity index (χ4v) is 1.90. The number of ether oxygens (including phenoxy) is 2. The smallest absolute Gasteiger partial charge is 0.144 e. The molecule has 0 aliphatic carbocycles. The molecule has 4 heteroatoms. The Kier molecular flexibility index (Phi) is 4.35. The zero-order chi connectivity index (χ0) is 14.5. The van der Waals surface area contributed by atoms with Gasteiger partial charge < -0.3 is 20.5 Å². The van der Waals surface area contributed by atoms with Gasteiger partial charge in [-0.3, -0.25) is 0 Å². The molecule has 0 saturated heterocycles. The van der Waals surface area contributed by atoms with Crippen molar-refractivity contribution < 1.29 is 9.47 Å². The topological polar surface area (TPSA) is 56.5 Å². The second-order valence-electron chi connectivity index (χ2n) is 4.71. The third-order valence-corrected chi connectivity index (χ3v) is 2.81. The summed E-state index contributed by atoms with van der Waals surface area (Å²) in [6, 6.07) is 13.4. The first-order valence-electron chi connectivity index (χ1n) is 6.57. The van der Waals surface area contributed by atoms with Crippen LogP contribution in [0.15, 0.2) is 42.5 Å². The Morgan fingerprint density at radius 2 is 1.60 bits per heavy atom. The van der Waals surface area contributed by atoms with E-state index >= 15 is 0 Å². The molecule has 0 unspecified atom stereocenters. The van der Waals surface area contributed by atoms with Crippen LogP contribution in [0.1, 0.15) is 13.8 Å². The van der Waals surface area contributed by atoms with E-state index in [1.165, 1.54) is 0 Å². The molecule has 0 heterocycles. The minimum Gasteiger partial charge on any atom is -0.495 e. The molecular formula is C16H20N2O2. The summed E-state index contributed by atoms with van der Waals surface area (Å²) < 4.78 is 11.0. The zero-order valence-corrected chi connectivity index (χ0v) is 12.0. The molecule has 0 aliphatic rings. The fraction of sp³-hybridized carbons (Fsp3) is 0.250. The van der Waals surface area contributed by atoms with Crippen molar-refractivity contribution in [3.05, 3.63) is 42.5 Å². The van der Waals surface area contributed by atoms with E-state index in [1.54, 1.807) is 7.11 Å². The molecule has 0 aliphatic heterocycles. The minimum atomic E-state index is 0.0822. The largest absolute Gasteiger partial charge is 0.495 e. The predicted molar refractivity (Wildman–Crippen MR) is 82.9 cm³/mol. The lowest BCUT2D eigenvalue weighted by molar-refractivity contribution is 0.244. The van der Waals surface area contributed by atoms with Crippen LogP contribution < -0.4 is 20.5 Å². The van der Waals surface area contributed by atoms with E-state index in [2.05, 4.69) is 5.32 Å². The molecule has 2 aromatic carbocycles. The van der Waals surface area contributed by atoms with Gasteiger partial charge in [-0.05, 0) is 38.1 Å². The predicted octanol–water partition coefficient (Wildman–Crippen LogP) is 3.81. The highest BCUT2D eigenvalue weighted by molar-refractivity contribution is 5.79. The molecule has 2 rings (SSSR count). The minimum absolute atomic E-state index is 0.0822. The monoisotopic (exact) mass is 272 g/mol. The maximum Gasteiger partial charge on any atom is 0.144 e. The molecule has 0 saturated carbocycles. The molecule has 0 spiro atoms. The lowest BCUT2D eigenvalue weighted by atomic mass is 10.2. The van der Waals surface area contributed by atoms with Crippen LogP contribution in [-0.2, 0) is 0 Å². The molecule has 0 atom stereocenters. The summed E-state index contributed by atoms with van der Waals surface area (Å²) in [6.07, 6.45) is 0.0822. The Morgan fingerprint density at radius 1 is 0.950 bits per heavy atom. The number of anilines is 3. The summed E-state index contributed by atoms with van der Waals surface area (Å²) in [4.78, 5) is 0. The second-order valence-corrected chi connectivity index (χ2v) is 4.71. The van der Waals surface area contributed by atoms with E-state index in [9.17, 15) is 0 Å². The Bertz CT molecular complexity index is 582. The summed E-state index contributed by atoms with van der Waals surface area (Å²) in [6.45, 7) is 3.94. The Balaban J connectivity index is 2.29. The van der Waals surface area contributed by atoms with Crippen molar-refractivity contribution in [2.45, 2.75) is 20.0 Å². The third kappa shape index (κ3) is 3.15. The van der Waals surface area contributed by atoms with Gasteiger partial charge in [-0.25, -0.2) is 0 Å². The molecule has 106 valence electrons. The first-order valence-corrected chi connectivity index (χ1v) is 6.57. The molecular weight excluding hydrogens is 252 g/mol. The van der Waals surface area contributed by atoms with Crippen LogP contribution >= 0.6 is 0 Å². The highest BCUT2D eigenvalue weighted by Crippen LogP contribution is 2.34. The maximum atomic E-state index is 6.14. The molecule has 20 heavy (non-hydrogen) atoms. The van der Waals surface area contributed by atoms with Gasteiger partial charge >= 0.3 is 0 Å². The van der Waals surface area contributed by atoms with Gasteiger partial charge in [-0.1, -0.05) is 18.2 Å². The molecule has 0 bridgehead atoms. The van der Waals surface area contributed by atoms with Gasteiger partial charge in [0.25, 0.3) is 0 Å². The van der Waals surface area contributed by atoms with Gasteiger partial charge in [0.15, 0.2) is 0 Å². The molecule has 2 aromatic rings. The number of para-hydroxylation sites is 3. The van der Waals surface area contributed by atoms with Crippen molar-refractivity contribution in [1.82, 2.24) is 0 Å². The average Bonchev–Trinajstić information content (AvgIpc) is 2.43. The second kappa shape index (κ2) is 6.19. The Hall–Kier alpha value is -2.36. The maximum absolute atomic E-state index is 6.14. The van der Waals surface area contributed by atoms with Gasteiger partial charge in [0, 0.05) is 0 Å². The van der Waals surface area contributed by atoms with E-state index in [0.717, 1.165) is 17.1 Å². The number of benzene rings is 2. The summed E-state index contributed by atoms with van der Waals surface area (Å²) in [7, 11) is 1.64. The Morgan fingerprint density at radius 3 is 2.30 bits per heavy atom. The quantitative estimate of drug-likeness (QED) is 0.813. The van der Waals surface area contributed by atoms with Crippen LogP contribution in [0.2, 0.25) is 0 Å². The van der Waals surface area contributed by atoms with Crippen LogP contribution in [-0.4, -0.2) is 13.2 Å². The van der Waals surface area contributed by atoms with Gasteiger partial charge in [0.2, 0.25) is 0 Å². The summed E-state index contributed by atoms with van der Waals surface area (Å²) in [5.74, 6) is 1.45. The SMILES string of the molecule is COc1ccccc1Nc1cccc(OC(C)C)c1N. The summed E-state index contributed by atoms with van der Waals surface area (Å²) in [5, 5.41) is 3.28. The normalized spacial score (nSPS) is 10.4. The lowest BCUT2D eigenvalue weighted by Crippen LogP contribution is -2.08. The van der Waals surface area contributed by atoms with Crippen molar-refractivity contribution >= 4 is 17.1 Å². The number of methoxy groups -OCH3 is 1. The molecule has 0 fully saturated rings. The first kappa shape index (κ1) is 14.1. The van der Waals surface area contributed by atoms with Gasteiger partial charge in [-0.2, -0.15) is 0 Å². The lowest BCUT2D eigenvalue weighted by Gasteiger charge is -2.16. The third-order valence-electron chi connectivity index (χ3n) is 2.81. The van der Waals surface area contributed by atoms with Crippen molar-refractivity contribution in [2.24, 2.45) is 0 Å². The summed E-state index contributed by atoms with van der Waals surface area (Å²) in [5.41, 5.74) is 8.40. The van der Waals surface area contributed by atoms with Crippen molar-refractivity contribution in [3.63, 3.8) is 0 Å². The highest BCUT2D eigenvalue weighted by Gasteiger charge is 2.09. The molecule has 3 N–H and O–H groups in total. The standard InChI is InChI=1S/C16H20N2O2/c1-11(2)20-15-10-6-8-13(16(15)17)18-12-7-4-5-9-14(12)19-3/h4-11,18H,17H2,1-3H3. The number of hydrogen-bond donors (Lipinski definition) is 2. The van der Waals surface area contributed by atoms with Crippen LogP contribution in [0.3, 0.4) is 0 Å². The number of nitrogens with two attached hydrogens (primary N) is 1. The van der Waals surface area contributed by atoms with Crippen molar-refractivity contribution in [2.75, 3.05) is 18.2 Å². The Labute approximate surface area is 119 Å². The van der Waals surface area contributed by atoms with E-state index in [0.29, 0.717) is 11.4 Å². The summed E-state index contributed by atoms with van der Waals surface area (Å²) >= 11 is 0. The fourth-order valence-electron chi connectivity index (χ4n) is 1.90. The molecule has 0 amide bonds. The highest BCUT2D eigenvalue weighted by atomic mass is 16.5. The van der Waals surface area contributed by atoms with Crippen LogP contribution in [0.4, 0.5) is 17.1 Å². The van der Waals surface area contributed by atoms with Gasteiger partial charge in [-0.15, -0.1) is 0 Å². The average molecular weight is 272 g/mol. The van der Waals surface area contributed by atoms with Gasteiger partial charge in [0.1, 0.15) is 11.5 Å². The van der Waals surface area contributed by atoms with Crippen LogP contribution in [0.5, 0.6) is 11.5 Å². The van der Waals surface area contributed by atoms with Crippen molar-refractivity contribution in [1.29, 1.82) is 0 Å². The molecule has 4 nitrogen and oxygen atoms in total. The van der Waals surface area contributed by atoms with E-state index in [1.807, 2.05) is 56.3 Å². The molecule has 0 aromatic heterocycles. The zero-order valence-electron chi connectivity index (χ0n) is 12.0. The number of nitrogen functional groups attached to an aromatic ring is 1. The molecule has 0 radical (unpaired) electrons. The van der Waals surface area contributed by atoms with E-state index in [-0.39, 0.29) is 6.10 Å². The first-order chi connectivity index (χ1) is 9.61. The number of nitrogens with one attached hydrogen (secondary N) is 1. The number of rotatable bonds is 5. The van der Waals surface area contributed by atoms with Crippen molar-refractivity contribution in [3.8, 4) is 11.5 Å².